The minimum Gasteiger partial charge on any atom is -0.391 e. The Kier molecular flexibility index (Phi) is 9.60. The highest BCUT2D eigenvalue weighted by atomic mass is 32.1. The van der Waals surface area contributed by atoms with Gasteiger partial charge in [0.25, 0.3) is 0 Å². The van der Waals surface area contributed by atoms with Gasteiger partial charge in [-0.3, -0.25) is 19.3 Å². The lowest BCUT2D eigenvalue weighted by Crippen LogP contribution is -2.58. The summed E-state index contributed by atoms with van der Waals surface area (Å²) in [6, 6.07) is 6.26. The summed E-state index contributed by atoms with van der Waals surface area (Å²) in [6.07, 6.45) is -0.662. The molecule has 1 aromatic carbocycles. The molecule has 4 atom stereocenters. The highest BCUT2D eigenvalue weighted by Crippen LogP contribution is 2.30. The van der Waals surface area contributed by atoms with Gasteiger partial charge in [-0.05, 0) is 23.5 Å². The monoisotopic (exact) mass is 570 g/mol. The van der Waals surface area contributed by atoms with E-state index in [2.05, 4.69) is 38.0 Å². The van der Waals surface area contributed by atoms with Gasteiger partial charge in [-0.2, -0.15) is 0 Å². The predicted molar refractivity (Wildman–Crippen MR) is 156 cm³/mol. The van der Waals surface area contributed by atoms with E-state index in [-0.39, 0.29) is 36.7 Å². The maximum atomic E-state index is 13.8. The van der Waals surface area contributed by atoms with Crippen LogP contribution in [0, 0.1) is 12.3 Å². The van der Waals surface area contributed by atoms with Crippen LogP contribution in [0.2, 0.25) is 0 Å². The number of carbonyl (C=O) groups excluding carboxylic acids is 3. The van der Waals surface area contributed by atoms with Crippen molar-refractivity contribution in [3.8, 4) is 10.4 Å². The molecule has 0 unspecified atom stereocenters. The number of hydrogen-bond acceptors (Lipinski definition) is 8. The largest absolute Gasteiger partial charge is 0.391 e. The van der Waals surface area contributed by atoms with Gasteiger partial charge < -0.3 is 26.0 Å². The number of aliphatic hydroxyl groups is 1. The van der Waals surface area contributed by atoms with Crippen LogP contribution < -0.4 is 16.0 Å². The highest BCUT2D eigenvalue weighted by Gasteiger charge is 2.44. The average Bonchev–Trinajstić information content (AvgIpc) is 3.52. The minimum absolute atomic E-state index is 0.0500. The van der Waals surface area contributed by atoms with E-state index in [1.165, 1.54) is 11.8 Å². The van der Waals surface area contributed by atoms with Gasteiger partial charge in [0.2, 0.25) is 17.7 Å². The summed E-state index contributed by atoms with van der Waals surface area (Å²) in [5.74, 6) is -0.979. The molecule has 2 saturated heterocycles. The van der Waals surface area contributed by atoms with Gasteiger partial charge in [-0.15, -0.1) is 11.3 Å². The molecule has 0 aliphatic carbocycles. The average molecular weight is 571 g/mol. The summed E-state index contributed by atoms with van der Waals surface area (Å²) in [7, 11) is 0. The van der Waals surface area contributed by atoms with E-state index in [1.54, 1.807) is 11.3 Å². The molecule has 11 heteroatoms. The van der Waals surface area contributed by atoms with Gasteiger partial charge in [0.1, 0.15) is 12.1 Å². The zero-order chi connectivity index (χ0) is 29.0. The molecule has 0 saturated carbocycles. The fraction of sp³-hybridized carbons (Fsp3) is 0.586. The van der Waals surface area contributed by atoms with Crippen LogP contribution in [0.3, 0.4) is 0 Å². The molecule has 2 fully saturated rings. The molecule has 0 bridgehead atoms. The third-order valence-electron chi connectivity index (χ3n) is 7.61. The standard InChI is InChI=1S/C29H42N6O4S/c1-18-25(40-17-31-18)21-8-6-20(7-9-21)23(16-34-12-10-30-11-13-34)33-27(38)24-14-22(37)15-35(24)28(39)26(29(3,4)5)32-19(2)36/h6-9,17,22-24,26,30,37H,10-16H2,1-5H3,(H,32,36)(H,33,38)/t22-,23+,24+,26-/m1/s1. The molecule has 4 rings (SSSR count). The molecule has 0 radical (unpaired) electrons. The van der Waals surface area contributed by atoms with Crippen molar-refractivity contribution >= 4 is 29.1 Å². The van der Waals surface area contributed by atoms with Gasteiger partial charge in [0, 0.05) is 52.6 Å². The van der Waals surface area contributed by atoms with Crippen molar-refractivity contribution in [1.82, 2.24) is 30.7 Å². The van der Waals surface area contributed by atoms with Crippen molar-refractivity contribution in [1.29, 1.82) is 0 Å². The van der Waals surface area contributed by atoms with Crippen LogP contribution in [-0.2, 0) is 14.4 Å². The van der Waals surface area contributed by atoms with E-state index in [1.807, 2.05) is 45.3 Å². The van der Waals surface area contributed by atoms with Crippen LogP contribution in [-0.4, -0.2) is 95.1 Å². The number of benzene rings is 1. The second-order valence-corrected chi connectivity index (χ2v) is 12.8. The number of carbonyl (C=O) groups is 3. The molecule has 2 aliphatic rings. The molecule has 3 amide bonds. The Bertz CT molecular complexity index is 1190. The first kappa shape index (κ1) is 30.1. The zero-order valence-electron chi connectivity index (χ0n) is 24.1. The molecule has 0 spiro atoms. The molecular weight excluding hydrogens is 528 g/mol. The van der Waals surface area contributed by atoms with Gasteiger partial charge in [-0.25, -0.2) is 4.98 Å². The molecule has 218 valence electrons. The van der Waals surface area contributed by atoms with Crippen LogP contribution in [0.4, 0.5) is 0 Å². The van der Waals surface area contributed by atoms with Crippen molar-refractivity contribution in [3.63, 3.8) is 0 Å². The van der Waals surface area contributed by atoms with Crippen LogP contribution in [0.15, 0.2) is 29.8 Å². The maximum absolute atomic E-state index is 13.8. The SMILES string of the molecule is CC(=O)N[C@H](C(=O)N1C[C@H](O)C[C@H]1C(=O)N[C@@H](CN1CCNCC1)c1ccc(-c2scnc2C)cc1)C(C)(C)C. The molecule has 2 aliphatic heterocycles. The fourth-order valence-electron chi connectivity index (χ4n) is 5.42. The van der Waals surface area contributed by atoms with Crippen molar-refractivity contribution < 1.29 is 19.5 Å². The van der Waals surface area contributed by atoms with Crippen LogP contribution in [0.5, 0.6) is 0 Å². The summed E-state index contributed by atoms with van der Waals surface area (Å²) in [5, 5.41) is 19.8. The first-order valence-corrected chi connectivity index (χ1v) is 14.8. The van der Waals surface area contributed by atoms with Crippen molar-refractivity contribution in [2.24, 2.45) is 5.41 Å². The summed E-state index contributed by atoms with van der Waals surface area (Å²) < 4.78 is 0. The highest BCUT2D eigenvalue weighted by molar-refractivity contribution is 7.13. The molecule has 10 nitrogen and oxygen atoms in total. The normalized spacial score (nSPS) is 21.6. The maximum Gasteiger partial charge on any atom is 0.246 e. The van der Waals surface area contributed by atoms with E-state index in [0.29, 0.717) is 6.54 Å². The van der Waals surface area contributed by atoms with E-state index >= 15 is 0 Å². The summed E-state index contributed by atoms with van der Waals surface area (Å²) in [4.78, 5) is 48.5. The predicted octanol–water partition coefficient (Wildman–Crippen LogP) is 1.69. The Balaban J connectivity index is 1.56. The number of aryl methyl sites for hydroxylation is 1. The number of nitrogens with one attached hydrogen (secondary N) is 3. The molecular formula is C29H42N6O4S. The number of β-amino-alcohol motifs (C(OH)–C–C–N with tert-alkyl or cyclic N) is 1. The van der Waals surface area contributed by atoms with Gasteiger partial charge >= 0.3 is 0 Å². The Hall–Kier alpha value is -2.86. The lowest BCUT2D eigenvalue weighted by atomic mass is 9.85. The van der Waals surface area contributed by atoms with Crippen molar-refractivity contribution in [3.05, 3.63) is 41.0 Å². The quantitative estimate of drug-likeness (QED) is 0.381. The van der Waals surface area contributed by atoms with E-state index in [9.17, 15) is 19.5 Å². The van der Waals surface area contributed by atoms with Crippen molar-refractivity contribution in [2.75, 3.05) is 39.3 Å². The van der Waals surface area contributed by atoms with Gasteiger partial charge in [-0.1, -0.05) is 45.0 Å². The number of hydrogen-bond donors (Lipinski definition) is 4. The number of rotatable bonds is 8. The Morgan fingerprint density at radius 1 is 1.15 bits per heavy atom. The van der Waals surface area contributed by atoms with Crippen molar-refractivity contribution in [2.45, 2.75) is 65.3 Å². The van der Waals surface area contributed by atoms with E-state index in [0.717, 1.165) is 47.9 Å². The summed E-state index contributed by atoms with van der Waals surface area (Å²) in [6.45, 7) is 13.2. The third-order valence-corrected chi connectivity index (χ3v) is 8.59. The van der Waals surface area contributed by atoms with Gasteiger partial charge in [0.15, 0.2) is 0 Å². The minimum atomic E-state index is -0.828. The summed E-state index contributed by atoms with van der Waals surface area (Å²) >= 11 is 1.60. The first-order valence-electron chi connectivity index (χ1n) is 13.9. The molecule has 4 N–H and O–H groups in total. The smallest absolute Gasteiger partial charge is 0.246 e. The first-order chi connectivity index (χ1) is 18.9. The Labute approximate surface area is 240 Å². The molecule has 2 aromatic rings. The number of piperazine rings is 1. The van der Waals surface area contributed by atoms with Gasteiger partial charge in [0.05, 0.1) is 28.2 Å². The number of aliphatic hydroxyl groups excluding tert-OH is 1. The third kappa shape index (κ3) is 7.25. The van der Waals surface area contributed by atoms with Crippen LogP contribution in [0.1, 0.15) is 51.4 Å². The zero-order valence-corrected chi connectivity index (χ0v) is 24.9. The lowest BCUT2D eigenvalue weighted by molar-refractivity contribution is -0.144. The number of aromatic nitrogens is 1. The number of amides is 3. The molecule has 3 heterocycles. The second-order valence-electron chi connectivity index (χ2n) is 11.9. The lowest BCUT2D eigenvalue weighted by Gasteiger charge is -2.36. The topological polar surface area (TPSA) is 127 Å². The number of nitrogens with zero attached hydrogens (tertiary/aromatic N) is 3. The number of likely N-dealkylation sites (tertiary alicyclic amines) is 1. The summed E-state index contributed by atoms with van der Waals surface area (Å²) in [5.41, 5.74) is 4.31. The van der Waals surface area contributed by atoms with Crippen LogP contribution >= 0.6 is 11.3 Å². The second kappa shape index (κ2) is 12.8. The number of thiazole rings is 1. The van der Waals surface area contributed by atoms with Crippen LogP contribution in [0.25, 0.3) is 10.4 Å². The molecule has 1 aromatic heterocycles. The fourth-order valence-corrected chi connectivity index (χ4v) is 6.24. The Morgan fingerprint density at radius 3 is 2.40 bits per heavy atom. The van der Waals surface area contributed by atoms with E-state index in [4.69, 9.17) is 0 Å². The molecule has 40 heavy (non-hydrogen) atoms. The Morgan fingerprint density at radius 2 is 1.82 bits per heavy atom. The van der Waals surface area contributed by atoms with E-state index < -0.39 is 23.6 Å².